The van der Waals surface area contributed by atoms with Gasteiger partial charge in [-0.25, -0.2) is 9.69 Å². The number of ether oxygens (including phenoxy) is 2. The van der Waals surface area contributed by atoms with E-state index in [1.54, 1.807) is 36.4 Å². The summed E-state index contributed by atoms with van der Waals surface area (Å²) in [6, 6.07) is 15.9. The largest absolute Gasteiger partial charge is 0.494 e. The van der Waals surface area contributed by atoms with Crippen LogP contribution in [0.3, 0.4) is 0 Å². The highest BCUT2D eigenvalue weighted by atomic mass is 32.2. The molecule has 0 aliphatic carbocycles. The maximum Gasteiger partial charge on any atom is 0.339 e. The second-order valence-electron chi connectivity index (χ2n) is 8.91. The number of unbranched alkanes of at least 4 members (excludes halogenated alkanes) is 1. The number of imide groups is 2. The average Bonchev–Trinajstić information content (AvgIpc) is 2.92. The Labute approximate surface area is 232 Å². The third-order valence-corrected chi connectivity index (χ3v) is 7.22. The van der Waals surface area contributed by atoms with Gasteiger partial charge in [-0.15, -0.1) is 0 Å². The lowest BCUT2D eigenvalue weighted by Crippen LogP contribution is -2.54. The van der Waals surface area contributed by atoms with Crippen LogP contribution in [0.4, 0.5) is 10.5 Å². The van der Waals surface area contributed by atoms with Gasteiger partial charge in [-0.2, -0.15) is 8.42 Å². The fraction of sp³-hybridized carbons (Fsp3) is 0.207. The van der Waals surface area contributed by atoms with Crippen molar-refractivity contribution in [3.05, 3.63) is 83.4 Å². The molecule has 0 saturated carbocycles. The molecule has 208 valence electrons. The van der Waals surface area contributed by atoms with Gasteiger partial charge in [0.15, 0.2) is 11.5 Å². The van der Waals surface area contributed by atoms with Crippen molar-refractivity contribution in [1.82, 2.24) is 5.32 Å². The Morgan fingerprint density at radius 2 is 1.62 bits per heavy atom. The maximum absolute atomic E-state index is 13.2. The van der Waals surface area contributed by atoms with Gasteiger partial charge < -0.3 is 13.7 Å². The average molecular weight is 565 g/mol. The molecule has 1 aliphatic rings. The van der Waals surface area contributed by atoms with Gasteiger partial charge in [0.05, 0.1) is 19.4 Å². The highest BCUT2D eigenvalue weighted by Gasteiger charge is 2.37. The third kappa shape index (κ3) is 6.32. The molecule has 1 heterocycles. The number of nitrogens with one attached hydrogen (secondary N) is 1. The SMILES string of the molecule is CCCCOc1ccc(N2C(=O)NC(=O)/C(=C/c3ccc(OS(=O)(=O)c4ccc(C)cc4)c(OC)c3)C2=O)cc1. The smallest absolute Gasteiger partial charge is 0.339 e. The van der Waals surface area contributed by atoms with E-state index in [1.165, 1.54) is 43.5 Å². The van der Waals surface area contributed by atoms with Gasteiger partial charge in [0.1, 0.15) is 16.2 Å². The van der Waals surface area contributed by atoms with Gasteiger partial charge in [-0.1, -0.05) is 37.1 Å². The van der Waals surface area contributed by atoms with Crippen LogP contribution in [0.5, 0.6) is 17.2 Å². The van der Waals surface area contributed by atoms with Crippen molar-refractivity contribution in [2.75, 3.05) is 18.6 Å². The maximum atomic E-state index is 13.2. The Kier molecular flexibility index (Phi) is 8.54. The van der Waals surface area contributed by atoms with Crippen molar-refractivity contribution in [2.45, 2.75) is 31.6 Å². The lowest BCUT2D eigenvalue weighted by molar-refractivity contribution is -0.122. The minimum atomic E-state index is -4.14. The van der Waals surface area contributed by atoms with Crippen LogP contribution in [-0.4, -0.2) is 40.0 Å². The van der Waals surface area contributed by atoms with Crippen molar-refractivity contribution < 1.29 is 36.5 Å². The van der Waals surface area contributed by atoms with E-state index in [-0.39, 0.29) is 27.7 Å². The summed E-state index contributed by atoms with van der Waals surface area (Å²) in [6.45, 7) is 4.43. The summed E-state index contributed by atoms with van der Waals surface area (Å²) in [5, 5.41) is 2.17. The first-order chi connectivity index (χ1) is 19.1. The highest BCUT2D eigenvalue weighted by molar-refractivity contribution is 7.87. The number of rotatable bonds is 10. The number of barbiturate groups is 1. The van der Waals surface area contributed by atoms with Crippen molar-refractivity contribution >= 4 is 39.7 Å². The molecule has 1 aliphatic heterocycles. The molecule has 0 aromatic heterocycles. The number of hydrogen-bond acceptors (Lipinski definition) is 8. The number of hydrogen-bond donors (Lipinski definition) is 1. The number of urea groups is 1. The molecular weight excluding hydrogens is 536 g/mol. The van der Waals surface area contributed by atoms with Crippen molar-refractivity contribution in [1.29, 1.82) is 0 Å². The summed E-state index contributed by atoms with van der Waals surface area (Å²) in [5.74, 6) is -1.13. The molecule has 0 unspecified atom stereocenters. The van der Waals surface area contributed by atoms with Crippen LogP contribution in [-0.2, 0) is 19.7 Å². The van der Waals surface area contributed by atoms with Crippen LogP contribution < -0.4 is 23.9 Å². The summed E-state index contributed by atoms with van der Waals surface area (Å²) < 4.78 is 41.7. The van der Waals surface area contributed by atoms with Gasteiger partial charge in [0.2, 0.25) is 0 Å². The summed E-state index contributed by atoms with van der Waals surface area (Å²) in [5.41, 5.74) is 1.19. The predicted molar refractivity (Wildman–Crippen MR) is 148 cm³/mol. The zero-order chi connectivity index (χ0) is 28.9. The number of anilines is 1. The number of carbonyl (C=O) groups excluding carboxylic acids is 3. The lowest BCUT2D eigenvalue weighted by atomic mass is 10.1. The zero-order valence-electron chi connectivity index (χ0n) is 22.2. The van der Waals surface area contributed by atoms with E-state index in [4.69, 9.17) is 13.7 Å². The van der Waals surface area contributed by atoms with Crippen LogP contribution in [0.1, 0.15) is 30.9 Å². The predicted octanol–water partition coefficient (Wildman–Crippen LogP) is 4.62. The molecule has 0 radical (unpaired) electrons. The lowest BCUT2D eigenvalue weighted by Gasteiger charge is -2.26. The van der Waals surface area contributed by atoms with E-state index in [9.17, 15) is 22.8 Å². The second kappa shape index (κ2) is 12.0. The molecule has 4 amide bonds. The normalized spacial score (nSPS) is 14.7. The molecule has 3 aromatic carbocycles. The topological polar surface area (TPSA) is 128 Å². The fourth-order valence-corrected chi connectivity index (χ4v) is 4.74. The third-order valence-electron chi connectivity index (χ3n) is 5.97. The molecule has 1 fully saturated rings. The molecule has 1 N–H and O–H groups in total. The van der Waals surface area contributed by atoms with Gasteiger partial charge in [-0.3, -0.25) is 14.9 Å². The molecule has 3 aromatic rings. The van der Waals surface area contributed by atoms with E-state index in [0.717, 1.165) is 23.3 Å². The van der Waals surface area contributed by atoms with Gasteiger partial charge in [0, 0.05) is 0 Å². The molecule has 4 rings (SSSR count). The Morgan fingerprint density at radius 1 is 0.925 bits per heavy atom. The van der Waals surface area contributed by atoms with Crippen LogP contribution in [0, 0.1) is 6.92 Å². The monoisotopic (exact) mass is 564 g/mol. The van der Waals surface area contributed by atoms with Gasteiger partial charge >= 0.3 is 16.1 Å². The van der Waals surface area contributed by atoms with Crippen LogP contribution >= 0.6 is 0 Å². The Morgan fingerprint density at radius 3 is 2.27 bits per heavy atom. The Balaban J connectivity index is 1.58. The molecular formula is C29H28N2O8S. The molecule has 1 saturated heterocycles. The number of carbonyl (C=O) groups is 3. The van der Waals surface area contributed by atoms with Crippen molar-refractivity contribution in [3.8, 4) is 17.2 Å². The van der Waals surface area contributed by atoms with E-state index < -0.39 is 28.0 Å². The number of aryl methyl sites for hydroxylation is 1. The van der Waals surface area contributed by atoms with Crippen molar-refractivity contribution in [2.24, 2.45) is 0 Å². The van der Waals surface area contributed by atoms with E-state index in [1.807, 2.05) is 6.92 Å². The molecule has 40 heavy (non-hydrogen) atoms. The first-order valence-electron chi connectivity index (χ1n) is 12.5. The molecule has 11 heteroatoms. The highest BCUT2D eigenvalue weighted by Crippen LogP contribution is 2.32. The molecule has 0 bridgehead atoms. The number of amides is 4. The minimum Gasteiger partial charge on any atom is -0.494 e. The standard InChI is InChI=1S/C29H28N2O8S/c1-4-5-16-38-22-11-9-21(10-12-22)31-28(33)24(27(32)30-29(31)34)17-20-8-15-25(26(18-20)37-3)39-40(35,36)23-13-6-19(2)7-14-23/h6-15,17-18H,4-5,16H2,1-3H3,(H,30,32,34)/b24-17-. The van der Waals surface area contributed by atoms with E-state index in [0.29, 0.717) is 17.9 Å². The summed E-state index contributed by atoms with van der Waals surface area (Å²) in [7, 11) is -2.82. The minimum absolute atomic E-state index is 0.0267. The van der Waals surface area contributed by atoms with E-state index in [2.05, 4.69) is 12.2 Å². The second-order valence-corrected chi connectivity index (χ2v) is 10.5. The summed E-state index contributed by atoms with van der Waals surface area (Å²) in [4.78, 5) is 39.2. The van der Waals surface area contributed by atoms with Crippen LogP contribution in [0.25, 0.3) is 6.08 Å². The quantitative estimate of drug-likeness (QED) is 0.164. The summed E-state index contributed by atoms with van der Waals surface area (Å²) in [6.07, 6.45) is 3.16. The first kappa shape index (κ1) is 28.4. The molecule has 10 nitrogen and oxygen atoms in total. The number of nitrogens with zero attached hydrogens (tertiary/aromatic N) is 1. The van der Waals surface area contributed by atoms with Crippen molar-refractivity contribution in [3.63, 3.8) is 0 Å². The van der Waals surface area contributed by atoms with Gasteiger partial charge in [0.25, 0.3) is 11.8 Å². The Bertz CT molecular complexity index is 1560. The number of methoxy groups -OCH3 is 1. The summed E-state index contributed by atoms with van der Waals surface area (Å²) >= 11 is 0. The Hall–Kier alpha value is -4.64. The first-order valence-corrected chi connectivity index (χ1v) is 13.9. The van der Waals surface area contributed by atoms with Gasteiger partial charge in [-0.05, 0) is 73.5 Å². The number of benzene rings is 3. The van der Waals surface area contributed by atoms with Crippen LogP contribution in [0.15, 0.2) is 77.2 Å². The van der Waals surface area contributed by atoms with Crippen LogP contribution in [0.2, 0.25) is 0 Å². The fourth-order valence-electron chi connectivity index (χ4n) is 3.80. The van der Waals surface area contributed by atoms with E-state index >= 15 is 0 Å². The molecule has 0 atom stereocenters. The zero-order valence-corrected chi connectivity index (χ0v) is 23.0. The molecule has 0 spiro atoms.